The first-order chi connectivity index (χ1) is 14.7. The zero-order chi connectivity index (χ0) is 21.3. The first kappa shape index (κ1) is 22.2. The molecule has 1 saturated heterocycles. The molecular weight excluding hydrogens is 394 g/mol. The molecule has 2 aliphatic rings. The summed E-state index contributed by atoms with van der Waals surface area (Å²) in [6.07, 6.45) is 11.3. The lowest BCUT2D eigenvalue weighted by Gasteiger charge is -2.32. The van der Waals surface area contributed by atoms with E-state index in [1.54, 1.807) is 18.3 Å². The minimum Gasteiger partial charge on any atom is -0.435 e. The Morgan fingerprint density at radius 1 is 1.23 bits per heavy atom. The molecule has 160 valence electrons. The highest BCUT2D eigenvalue weighted by molar-refractivity contribution is 7.20. The average molecular weight is 426 g/mol. The van der Waals surface area contributed by atoms with Crippen molar-refractivity contribution in [3.8, 4) is 5.19 Å². The first-order valence-electron chi connectivity index (χ1n) is 10.7. The highest BCUT2D eigenvalue weighted by Gasteiger charge is 2.20. The van der Waals surface area contributed by atoms with Crippen LogP contribution in [0.3, 0.4) is 0 Å². The van der Waals surface area contributed by atoms with E-state index >= 15 is 0 Å². The highest BCUT2D eigenvalue weighted by atomic mass is 32.1. The van der Waals surface area contributed by atoms with E-state index in [-0.39, 0.29) is 5.91 Å². The van der Waals surface area contributed by atoms with Gasteiger partial charge in [-0.05, 0) is 36.6 Å². The van der Waals surface area contributed by atoms with Crippen molar-refractivity contribution in [1.82, 2.24) is 15.2 Å². The molecule has 2 heterocycles. The molecular formula is C24H31N3O2S. The number of aromatic nitrogens is 1. The Balaban J connectivity index is 0.00000124. The molecule has 1 aliphatic carbocycles. The Bertz CT molecular complexity index is 904. The van der Waals surface area contributed by atoms with Gasteiger partial charge in [-0.3, -0.25) is 9.69 Å². The van der Waals surface area contributed by atoms with Gasteiger partial charge in [0.1, 0.15) is 5.76 Å². The topological polar surface area (TPSA) is 54.5 Å². The molecule has 1 fully saturated rings. The number of piperidine rings is 1. The molecule has 1 aromatic carbocycles. The van der Waals surface area contributed by atoms with Gasteiger partial charge in [0.25, 0.3) is 5.19 Å². The van der Waals surface area contributed by atoms with Crippen molar-refractivity contribution in [2.45, 2.75) is 46.1 Å². The summed E-state index contributed by atoms with van der Waals surface area (Å²) in [6.45, 7) is 8.53. The number of nitrogens with zero attached hydrogens (tertiary/aromatic N) is 2. The molecule has 0 radical (unpaired) electrons. The predicted molar refractivity (Wildman–Crippen MR) is 125 cm³/mol. The monoisotopic (exact) mass is 425 g/mol. The normalized spacial score (nSPS) is 17.4. The number of para-hydroxylation sites is 1. The van der Waals surface area contributed by atoms with Gasteiger partial charge in [-0.25, -0.2) is 4.98 Å². The summed E-state index contributed by atoms with van der Waals surface area (Å²) in [5.74, 6) is 0.980. The standard InChI is InChI=1S/C22H25N3O2S.C2H6/c1-16(26)23-18-11-13-25(14-12-18)15-17-5-4-6-19(10-9-17)27-22-24-20-7-2-3-8-21(20)28-22;1-2/h2-5,7-10,18H,6,11-15H2,1H3,(H,23,26);1-2H3. The van der Waals surface area contributed by atoms with Crippen LogP contribution in [0.2, 0.25) is 0 Å². The molecule has 0 atom stereocenters. The summed E-state index contributed by atoms with van der Waals surface area (Å²) >= 11 is 1.57. The molecule has 1 N–H and O–H groups in total. The third kappa shape index (κ3) is 6.28. The van der Waals surface area contributed by atoms with Crippen molar-refractivity contribution in [2.24, 2.45) is 0 Å². The number of carbonyl (C=O) groups excluding carboxylic acids is 1. The fraction of sp³-hybridized carbons (Fsp3) is 0.417. The van der Waals surface area contributed by atoms with Gasteiger partial charge < -0.3 is 10.1 Å². The van der Waals surface area contributed by atoms with Crippen LogP contribution >= 0.6 is 11.3 Å². The number of benzene rings is 1. The largest absolute Gasteiger partial charge is 0.435 e. The van der Waals surface area contributed by atoms with Crippen molar-refractivity contribution in [3.05, 3.63) is 59.9 Å². The fourth-order valence-electron chi connectivity index (χ4n) is 3.62. The number of nitrogens with one attached hydrogen (secondary N) is 1. The molecule has 5 nitrogen and oxygen atoms in total. The fourth-order valence-corrected chi connectivity index (χ4v) is 4.46. The number of hydrogen-bond donors (Lipinski definition) is 1. The maximum absolute atomic E-state index is 11.2. The zero-order valence-electron chi connectivity index (χ0n) is 18.1. The van der Waals surface area contributed by atoms with Crippen LogP contribution < -0.4 is 10.1 Å². The quantitative estimate of drug-likeness (QED) is 0.726. The van der Waals surface area contributed by atoms with Gasteiger partial charge in [-0.2, -0.15) is 0 Å². The summed E-state index contributed by atoms with van der Waals surface area (Å²) < 4.78 is 7.17. The number of rotatable bonds is 5. The molecule has 0 unspecified atom stereocenters. The Kier molecular flexibility index (Phi) is 8.22. The number of fused-ring (bicyclic) bond motifs is 1. The van der Waals surface area contributed by atoms with E-state index < -0.39 is 0 Å². The van der Waals surface area contributed by atoms with Gasteiger partial charge in [0.15, 0.2) is 0 Å². The Morgan fingerprint density at radius 2 is 2.00 bits per heavy atom. The number of likely N-dealkylation sites (tertiary alicyclic amines) is 1. The molecule has 2 aromatic rings. The minimum atomic E-state index is 0.0682. The summed E-state index contributed by atoms with van der Waals surface area (Å²) in [4.78, 5) is 18.2. The lowest BCUT2D eigenvalue weighted by molar-refractivity contribution is -0.119. The van der Waals surface area contributed by atoms with Gasteiger partial charge in [0.2, 0.25) is 5.91 Å². The predicted octanol–water partition coefficient (Wildman–Crippen LogP) is 5.07. The van der Waals surface area contributed by atoms with Crippen LogP contribution in [0.5, 0.6) is 5.19 Å². The lowest BCUT2D eigenvalue weighted by Crippen LogP contribution is -2.44. The Labute approximate surface area is 183 Å². The lowest BCUT2D eigenvalue weighted by atomic mass is 10.0. The summed E-state index contributed by atoms with van der Waals surface area (Å²) in [6, 6.07) is 8.40. The van der Waals surface area contributed by atoms with Crippen LogP contribution in [0.25, 0.3) is 10.2 Å². The van der Waals surface area contributed by atoms with Crippen LogP contribution in [0, 0.1) is 0 Å². The van der Waals surface area contributed by atoms with Gasteiger partial charge >= 0.3 is 0 Å². The number of carbonyl (C=O) groups is 1. The van der Waals surface area contributed by atoms with E-state index in [1.807, 2.05) is 32.0 Å². The second kappa shape index (κ2) is 11.1. The van der Waals surface area contributed by atoms with Crippen molar-refractivity contribution in [2.75, 3.05) is 19.6 Å². The number of thiazole rings is 1. The molecule has 0 saturated carbocycles. The van der Waals surface area contributed by atoms with Crippen LogP contribution in [0.4, 0.5) is 0 Å². The van der Waals surface area contributed by atoms with Crippen molar-refractivity contribution in [3.63, 3.8) is 0 Å². The number of hydrogen-bond acceptors (Lipinski definition) is 5. The molecule has 4 rings (SSSR count). The van der Waals surface area contributed by atoms with Crippen LogP contribution in [0.15, 0.2) is 59.9 Å². The Hall–Kier alpha value is -2.44. The molecule has 30 heavy (non-hydrogen) atoms. The second-order valence-electron chi connectivity index (χ2n) is 7.28. The minimum absolute atomic E-state index is 0.0682. The highest BCUT2D eigenvalue weighted by Crippen LogP contribution is 2.29. The molecule has 0 spiro atoms. The van der Waals surface area contributed by atoms with Crippen LogP contribution in [0.1, 0.15) is 40.0 Å². The molecule has 0 bridgehead atoms. The third-order valence-electron chi connectivity index (χ3n) is 5.03. The van der Waals surface area contributed by atoms with Gasteiger partial charge in [0, 0.05) is 39.0 Å². The smallest absolute Gasteiger partial charge is 0.279 e. The molecule has 6 heteroatoms. The van der Waals surface area contributed by atoms with Crippen molar-refractivity contribution < 1.29 is 9.53 Å². The van der Waals surface area contributed by atoms with Gasteiger partial charge in [0.05, 0.1) is 10.2 Å². The average Bonchev–Trinajstić information content (AvgIpc) is 3.03. The van der Waals surface area contributed by atoms with E-state index in [4.69, 9.17) is 4.74 Å². The Morgan fingerprint density at radius 3 is 2.73 bits per heavy atom. The summed E-state index contributed by atoms with van der Waals surface area (Å²) in [5.41, 5.74) is 2.26. The van der Waals surface area contributed by atoms with E-state index in [1.165, 1.54) is 5.57 Å². The zero-order valence-corrected chi connectivity index (χ0v) is 18.9. The number of allylic oxidation sites excluding steroid dienone is 3. The number of ether oxygens (including phenoxy) is 1. The summed E-state index contributed by atoms with van der Waals surface area (Å²) in [5, 5.41) is 3.72. The number of amides is 1. The van der Waals surface area contributed by atoms with E-state index in [0.717, 1.165) is 54.9 Å². The van der Waals surface area contributed by atoms with Crippen molar-refractivity contribution in [1.29, 1.82) is 0 Å². The molecule has 1 amide bonds. The van der Waals surface area contributed by atoms with E-state index in [0.29, 0.717) is 11.2 Å². The second-order valence-corrected chi connectivity index (χ2v) is 8.27. The maximum Gasteiger partial charge on any atom is 0.279 e. The maximum atomic E-state index is 11.2. The van der Waals surface area contributed by atoms with Crippen LogP contribution in [-0.4, -0.2) is 41.5 Å². The summed E-state index contributed by atoms with van der Waals surface area (Å²) in [7, 11) is 0. The van der Waals surface area contributed by atoms with Gasteiger partial charge in [-0.1, -0.05) is 55.5 Å². The van der Waals surface area contributed by atoms with Crippen molar-refractivity contribution >= 4 is 27.5 Å². The first-order valence-corrected chi connectivity index (χ1v) is 11.6. The van der Waals surface area contributed by atoms with E-state index in [2.05, 4.69) is 45.6 Å². The van der Waals surface area contributed by atoms with E-state index in [9.17, 15) is 4.79 Å². The molecule has 1 aliphatic heterocycles. The SMILES string of the molecule is CC.CC(=O)NC1CCN(CC2=CC=C(Oc3nc4ccccc4s3)CC=C2)CC1. The molecule has 1 aromatic heterocycles. The van der Waals surface area contributed by atoms with Crippen LogP contribution in [-0.2, 0) is 4.79 Å². The van der Waals surface area contributed by atoms with Gasteiger partial charge in [-0.15, -0.1) is 0 Å². The third-order valence-corrected chi connectivity index (χ3v) is 5.94.